The average Bonchev–Trinajstić information content (AvgIpc) is 2.67. The molecule has 1 heterocycles. The number of benzene rings is 2. The molecule has 1 unspecified atom stereocenters. The van der Waals surface area contributed by atoms with E-state index in [-0.39, 0.29) is 18.0 Å². The number of ketones is 1. The normalized spacial score (nSPS) is 15.6. The number of hydrogen-bond donors (Lipinski definition) is 1. The lowest BCUT2D eigenvalue weighted by Crippen LogP contribution is -2.47. The Morgan fingerprint density at radius 2 is 1.96 bits per heavy atom. The number of fused-ring (bicyclic) bond motifs is 1. The monoisotopic (exact) mass is 384 g/mol. The van der Waals surface area contributed by atoms with Crippen molar-refractivity contribution in [3.63, 3.8) is 0 Å². The Kier molecular flexibility index (Phi) is 5.73. The van der Waals surface area contributed by atoms with Crippen LogP contribution in [-0.2, 0) is 9.59 Å². The van der Waals surface area contributed by atoms with Gasteiger partial charge in [0.2, 0.25) is 5.91 Å². The molecule has 1 aliphatic heterocycles. The Balaban J connectivity index is 1.87. The lowest BCUT2D eigenvalue weighted by atomic mass is 10.0. The molecule has 1 N–H and O–H groups in total. The lowest BCUT2D eigenvalue weighted by Gasteiger charge is -2.32. The zero-order valence-electron chi connectivity index (χ0n) is 15.7. The van der Waals surface area contributed by atoms with Crippen LogP contribution in [-0.4, -0.2) is 30.2 Å². The van der Waals surface area contributed by atoms with Crippen LogP contribution >= 0.6 is 0 Å². The lowest BCUT2D eigenvalue weighted by molar-refractivity contribution is -0.127. The summed E-state index contributed by atoms with van der Waals surface area (Å²) >= 11 is 0. The second kappa shape index (κ2) is 8.21. The molecule has 2 aromatic rings. The van der Waals surface area contributed by atoms with E-state index in [2.05, 4.69) is 5.32 Å². The summed E-state index contributed by atoms with van der Waals surface area (Å²) in [5.41, 5.74) is 0.841. The summed E-state index contributed by atoms with van der Waals surface area (Å²) in [6, 6.07) is 10.6. The molecular weight excluding hydrogens is 363 g/mol. The molecule has 1 aliphatic rings. The zero-order valence-corrected chi connectivity index (χ0v) is 15.7. The highest BCUT2D eigenvalue weighted by molar-refractivity contribution is 6.07. The van der Waals surface area contributed by atoms with Gasteiger partial charge in [-0.3, -0.25) is 19.3 Å². The third kappa shape index (κ3) is 4.03. The van der Waals surface area contributed by atoms with Gasteiger partial charge in [0.25, 0.3) is 5.91 Å². The van der Waals surface area contributed by atoms with Gasteiger partial charge in [-0.1, -0.05) is 19.1 Å². The molecule has 0 bridgehead atoms. The van der Waals surface area contributed by atoms with E-state index >= 15 is 0 Å². The van der Waals surface area contributed by atoms with E-state index in [1.165, 1.54) is 23.1 Å². The highest BCUT2D eigenvalue weighted by Crippen LogP contribution is 2.35. The first-order valence-corrected chi connectivity index (χ1v) is 9.10. The first-order chi connectivity index (χ1) is 13.4. The molecule has 0 saturated heterocycles. The van der Waals surface area contributed by atoms with E-state index in [1.54, 1.807) is 31.2 Å². The molecule has 146 valence electrons. The molecule has 0 spiro atoms. The molecular formula is C21H21FN2O4. The highest BCUT2D eigenvalue weighted by atomic mass is 19.1. The molecule has 0 aromatic heterocycles. The summed E-state index contributed by atoms with van der Waals surface area (Å²) in [5, 5.41) is 2.47. The maximum atomic E-state index is 13.8. The van der Waals surface area contributed by atoms with Crippen molar-refractivity contribution in [1.29, 1.82) is 0 Å². The van der Waals surface area contributed by atoms with Crippen molar-refractivity contribution in [1.82, 2.24) is 0 Å². The van der Waals surface area contributed by atoms with Crippen LogP contribution in [0, 0.1) is 5.82 Å². The fourth-order valence-electron chi connectivity index (χ4n) is 3.01. The van der Waals surface area contributed by atoms with E-state index in [4.69, 9.17) is 4.74 Å². The Morgan fingerprint density at radius 1 is 1.21 bits per heavy atom. The van der Waals surface area contributed by atoms with Gasteiger partial charge >= 0.3 is 0 Å². The van der Waals surface area contributed by atoms with Gasteiger partial charge in [-0.05, 0) is 43.7 Å². The number of para-hydroxylation sites is 1. The van der Waals surface area contributed by atoms with E-state index in [9.17, 15) is 18.8 Å². The maximum Gasteiger partial charge on any atom is 0.268 e. The zero-order chi connectivity index (χ0) is 20.3. The quantitative estimate of drug-likeness (QED) is 0.773. The number of Topliss-reactive ketones (excluding diaryl/α,β-unsaturated/α-hetero) is 1. The van der Waals surface area contributed by atoms with Crippen LogP contribution in [0.25, 0.3) is 0 Å². The van der Waals surface area contributed by atoms with E-state index < -0.39 is 23.7 Å². The fourth-order valence-corrected chi connectivity index (χ4v) is 3.01. The molecule has 7 heteroatoms. The molecule has 1 atom stereocenters. The van der Waals surface area contributed by atoms with Gasteiger partial charge < -0.3 is 10.1 Å². The topological polar surface area (TPSA) is 75.7 Å². The Morgan fingerprint density at radius 3 is 2.68 bits per heavy atom. The third-order valence-electron chi connectivity index (χ3n) is 4.42. The Bertz CT molecular complexity index is 928. The van der Waals surface area contributed by atoms with Crippen molar-refractivity contribution in [2.75, 3.05) is 16.8 Å². The smallest absolute Gasteiger partial charge is 0.268 e. The van der Waals surface area contributed by atoms with Gasteiger partial charge in [0.05, 0.1) is 11.4 Å². The molecule has 0 fully saturated rings. The minimum Gasteiger partial charge on any atom is -0.479 e. The van der Waals surface area contributed by atoms with Crippen LogP contribution in [0.1, 0.15) is 37.0 Å². The molecule has 28 heavy (non-hydrogen) atoms. The number of carbonyl (C=O) groups is 3. The predicted molar refractivity (Wildman–Crippen MR) is 103 cm³/mol. The summed E-state index contributed by atoms with van der Waals surface area (Å²) in [7, 11) is 0. The number of carbonyl (C=O) groups excluding carboxylic acids is 3. The van der Waals surface area contributed by atoms with Gasteiger partial charge in [-0.25, -0.2) is 4.39 Å². The summed E-state index contributed by atoms with van der Waals surface area (Å²) in [5.74, 6) is -1.16. The fraction of sp³-hybridized carbons (Fsp3) is 0.286. The van der Waals surface area contributed by atoms with Gasteiger partial charge in [-0.15, -0.1) is 0 Å². The summed E-state index contributed by atoms with van der Waals surface area (Å²) in [6.07, 6.45) is 0.320. The third-order valence-corrected chi connectivity index (χ3v) is 4.42. The van der Waals surface area contributed by atoms with Gasteiger partial charge in [-0.2, -0.15) is 0 Å². The van der Waals surface area contributed by atoms with Crippen molar-refractivity contribution < 1.29 is 23.5 Å². The number of amides is 2. The number of ether oxygens (including phenoxy) is 1. The predicted octanol–water partition coefficient (Wildman–Crippen LogP) is 3.56. The van der Waals surface area contributed by atoms with Crippen LogP contribution in [0.3, 0.4) is 0 Å². The number of halogens is 1. The molecule has 3 rings (SSSR count). The van der Waals surface area contributed by atoms with Crippen LogP contribution < -0.4 is 15.0 Å². The number of nitrogens with zero attached hydrogens (tertiary/aromatic N) is 1. The second-order valence-corrected chi connectivity index (χ2v) is 6.57. The van der Waals surface area contributed by atoms with Crippen LogP contribution in [0.5, 0.6) is 5.75 Å². The van der Waals surface area contributed by atoms with Crippen LogP contribution in [0.4, 0.5) is 15.8 Å². The minimum atomic E-state index is -0.772. The standard InChI is InChI=1S/C21H21FN2O4/c1-3-6-18(25)14-9-10-19-17(11-14)24(21(27)13(2)28-19)12-20(26)23-16-8-5-4-7-15(16)22/h4-5,7-11,13H,3,6,12H2,1-2H3,(H,23,26). The van der Waals surface area contributed by atoms with Crippen molar-refractivity contribution >= 4 is 29.0 Å². The van der Waals surface area contributed by atoms with Gasteiger partial charge in [0, 0.05) is 12.0 Å². The second-order valence-electron chi connectivity index (χ2n) is 6.57. The summed E-state index contributed by atoms with van der Waals surface area (Å²) < 4.78 is 19.4. The SMILES string of the molecule is CCCC(=O)c1ccc2c(c1)N(CC(=O)Nc1ccccc1F)C(=O)C(C)O2. The maximum absolute atomic E-state index is 13.8. The largest absolute Gasteiger partial charge is 0.479 e. The number of anilines is 2. The Labute approximate surface area is 162 Å². The summed E-state index contributed by atoms with van der Waals surface area (Å²) in [6.45, 7) is 3.17. The molecule has 6 nitrogen and oxygen atoms in total. The first kappa shape index (κ1) is 19.5. The highest BCUT2D eigenvalue weighted by Gasteiger charge is 2.33. The minimum absolute atomic E-state index is 0.0355. The van der Waals surface area contributed by atoms with Gasteiger partial charge in [0.15, 0.2) is 11.9 Å². The van der Waals surface area contributed by atoms with E-state index in [0.29, 0.717) is 29.8 Å². The van der Waals surface area contributed by atoms with Crippen LogP contribution in [0.2, 0.25) is 0 Å². The van der Waals surface area contributed by atoms with Crippen molar-refractivity contribution in [3.8, 4) is 5.75 Å². The Hall–Kier alpha value is -3.22. The molecule has 2 aromatic carbocycles. The number of hydrogen-bond acceptors (Lipinski definition) is 4. The molecule has 0 saturated carbocycles. The summed E-state index contributed by atoms with van der Waals surface area (Å²) in [4.78, 5) is 38.5. The molecule has 2 amide bonds. The van der Waals surface area contributed by atoms with Crippen molar-refractivity contribution in [3.05, 3.63) is 53.8 Å². The molecule has 0 aliphatic carbocycles. The van der Waals surface area contributed by atoms with E-state index in [1.807, 2.05) is 6.92 Å². The number of rotatable bonds is 6. The average molecular weight is 384 g/mol. The number of nitrogens with one attached hydrogen (secondary N) is 1. The van der Waals surface area contributed by atoms with Crippen LogP contribution in [0.15, 0.2) is 42.5 Å². The first-order valence-electron chi connectivity index (χ1n) is 9.10. The van der Waals surface area contributed by atoms with Gasteiger partial charge in [0.1, 0.15) is 18.1 Å². The van der Waals surface area contributed by atoms with Crippen molar-refractivity contribution in [2.24, 2.45) is 0 Å². The molecule has 0 radical (unpaired) electrons. The van der Waals surface area contributed by atoms with E-state index in [0.717, 1.165) is 0 Å². The van der Waals surface area contributed by atoms with Crippen molar-refractivity contribution in [2.45, 2.75) is 32.8 Å².